The number of halogens is 1. The fourth-order valence-corrected chi connectivity index (χ4v) is 4.28. The summed E-state index contributed by atoms with van der Waals surface area (Å²) in [6.45, 7) is 3.90. The average molecular weight is 464 g/mol. The van der Waals surface area contributed by atoms with Gasteiger partial charge in [-0.3, -0.25) is 4.79 Å². The molecule has 3 aliphatic rings. The number of hydrogen-bond acceptors (Lipinski definition) is 3. The lowest BCUT2D eigenvalue weighted by Crippen LogP contribution is -2.50. The first-order chi connectivity index (χ1) is 11.5. The maximum absolute atomic E-state index is 11.9. The van der Waals surface area contributed by atoms with E-state index in [2.05, 4.69) is 22.5 Å². The van der Waals surface area contributed by atoms with Gasteiger partial charge in [-0.1, -0.05) is 6.42 Å². The van der Waals surface area contributed by atoms with Crippen LogP contribution in [0.5, 0.6) is 0 Å². The highest BCUT2D eigenvalue weighted by atomic mass is 127. The van der Waals surface area contributed by atoms with Gasteiger partial charge in [-0.05, 0) is 50.9 Å². The number of likely N-dealkylation sites (N-methyl/N-ethyl adjacent to an activating group) is 1. The molecule has 0 spiro atoms. The van der Waals surface area contributed by atoms with Gasteiger partial charge in [0.25, 0.3) is 0 Å². The number of amides is 1. The second-order valence-corrected chi connectivity index (χ2v) is 8.13. The van der Waals surface area contributed by atoms with E-state index in [0.717, 1.165) is 43.8 Å². The summed E-state index contributed by atoms with van der Waals surface area (Å²) in [6.07, 6.45) is 7.48. The van der Waals surface area contributed by atoms with Gasteiger partial charge < -0.3 is 20.3 Å². The lowest BCUT2D eigenvalue weighted by molar-refractivity contribution is -0.127. The van der Waals surface area contributed by atoms with Crippen LogP contribution in [-0.2, 0) is 9.53 Å². The van der Waals surface area contributed by atoms with E-state index in [9.17, 15) is 4.79 Å². The third kappa shape index (κ3) is 5.45. The molecule has 7 heteroatoms. The van der Waals surface area contributed by atoms with Crippen molar-refractivity contribution < 1.29 is 9.53 Å². The Balaban J connectivity index is 0.00000225. The Morgan fingerprint density at radius 3 is 2.68 bits per heavy atom. The van der Waals surface area contributed by atoms with Gasteiger partial charge in [0.2, 0.25) is 5.91 Å². The Labute approximate surface area is 168 Å². The maximum Gasteiger partial charge on any atom is 0.243 e. The Hall–Kier alpha value is -0.570. The zero-order valence-electron chi connectivity index (χ0n) is 15.7. The van der Waals surface area contributed by atoms with Crippen molar-refractivity contribution in [3.63, 3.8) is 0 Å². The summed E-state index contributed by atoms with van der Waals surface area (Å²) in [5.41, 5.74) is -0.122. The van der Waals surface area contributed by atoms with Crippen molar-refractivity contribution in [3.05, 3.63) is 0 Å². The predicted molar refractivity (Wildman–Crippen MR) is 110 cm³/mol. The minimum atomic E-state index is -0.122. The molecular formula is C18H33IN4O2. The number of guanidine groups is 1. The molecule has 2 saturated carbocycles. The molecule has 4 unspecified atom stereocenters. The Kier molecular flexibility index (Phi) is 7.37. The molecule has 1 aliphatic heterocycles. The first-order valence-electron chi connectivity index (χ1n) is 9.34. The van der Waals surface area contributed by atoms with Crippen LogP contribution in [0.2, 0.25) is 0 Å². The number of aliphatic imine (C=N–C) groups is 1. The molecular weight excluding hydrogens is 431 g/mol. The van der Waals surface area contributed by atoms with Crippen LogP contribution in [0.25, 0.3) is 0 Å². The number of rotatable bonds is 5. The van der Waals surface area contributed by atoms with E-state index in [1.165, 1.54) is 25.7 Å². The summed E-state index contributed by atoms with van der Waals surface area (Å²) < 4.78 is 5.85. The highest BCUT2D eigenvalue weighted by Gasteiger charge is 2.40. The second-order valence-electron chi connectivity index (χ2n) is 8.13. The minimum absolute atomic E-state index is 0. The van der Waals surface area contributed by atoms with Crippen molar-refractivity contribution >= 4 is 35.8 Å². The van der Waals surface area contributed by atoms with Gasteiger partial charge in [-0.2, -0.15) is 0 Å². The number of ether oxygens (including phenoxy) is 1. The fraction of sp³-hybridized carbons (Fsp3) is 0.889. The maximum atomic E-state index is 11.9. The van der Waals surface area contributed by atoms with Gasteiger partial charge in [0.15, 0.2) is 5.96 Å². The molecule has 144 valence electrons. The number of carbonyl (C=O) groups is 1. The van der Waals surface area contributed by atoms with E-state index >= 15 is 0 Å². The zero-order chi connectivity index (χ0) is 17.2. The summed E-state index contributed by atoms with van der Waals surface area (Å²) >= 11 is 0. The van der Waals surface area contributed by atoms with E-state index in [1.54, 1.807) is 19.0 Å². The molecule has 1 amide bonds. The molecule has 3 rings (SSSR count). The van der Waals surface area contributed by atoms with Crippen LogP contribution < -0.4 is 10.6 Å². The zero-order valence-corrected chi connectivity index (χ0v) is 18.0. The lowest BCUT2D eigenvalue weighted by Gasteiger charge is -2.28. The number of fused-ring (bicyclic) bond motifs is 2. The van der Waals surface area contributed by atoms with Crippen LogP contribution in [0.15, 0.2) is 4.99 Å². The summed E-state index contributed by atoms with van der Waals surface area (Å²) in [5.74, 6) is 2.43. The van der Waals surface area contributed by atoms with Gasteiger partial charge >= 0.3 is 0 Å². The van der Waals surface area contributed by atoms with Gasteiger partial charge in [-0.25, -0.2) is 4.99 Å². The number of carbonyl (C=O) groups excluding carboxylic acids is 1. The van der Waals surface area contributed by atoms with Crippen molar-refractivity contribution in [1.29, 1.82) is 0 Å². The molecule has 4 atom stereocenters. The van der Waals surface area contributed by atoms with E-state index in [1.807, 2.05) is 0 Å². The molecule has 0 aromatic rings. The largest absolute Gasteiger partial charge is 0.373 e. The van der Waals surface area contributed by atoms with Gasteiger partial charge in [0.05, 0.1) is 5.60 Å². The highest BCUT2D eigenvalue weighted by Crippen LogP contribution is 2.44. The molecule has 2 aliphatic carbocycles. The van der Waals surface area contributed by atoms with E-state index in [4.69, 9.17) is 4.74 Å². The normalized spacial score (nSPS) is 33.9. The number of hydrogen-bond donors (Lipinski definition) is 2. The molecule has 25 heavy (non-hydrogen) atoms. The second kappa shape index (κ2) is 8.88. The SMILES string of the molecule is CN(C)C(=O)CN=C(NCC1(C)CCCO1)NC1CC2CCC1C2.I. The molecule has 0 aromatic carbocycles. The summed E-state index contributed by atoms with van der Waals surface area (Å²) in [4.78, 5) is 18.0. The molecule has 6 nitrogen and oxygen atoms in total. The third-order valence-corrected chi connectivity index (χ3v) is 5.86. The van der Waals surface area contributed by atoms with Crippen molar-refractivity contribution in [2.45, 2.75) is 57.1 Å². The van der Waals surface area contributed by atoms with Crippen LogP contribution >= 0.6 is 24.0 Å². The molecule has 1 heterocycles. The summed E-state index contributed by atoms with van der Waals surface area (Å²) in [7, 11) is 3.53. The smallest absolute Gasteiger partial charge is 0.243 e. The van der Waals surface area contributed by atoms with Crippen LogP contribution in [0.1, 0.15) is 45.4 Å². The molecule has 3 fully saturated rings. The van der Waals surface area contributed by atoms with Gasteiger partial charge in [0, 0.05) is 33.3 Å². The molecule has 2 N–H and O–H groups in total. The standard InChI is InChI=1S/C18H32N4O2.HI/c1-18(7-4-8-24-18)12-20-17(19-11-16(23)22(2)3)21-15-10-13-5-6-14(15)9-13;/h13-15H,4-12H2,1-3H3,(H2,19,20,21);1H. The van der Waals surface area contributed by atoms with Crippen LogP contribution in [0.4, 0.5) is 0 Å². The van der Waals surface area contributed by atoms with E-state index < -0.39 is 0 Å². The van der Waals surface area contributed by atoms with Crippen LogP contribution in [0, 0.1) is 11.8 Å². The van der Waals surface area contributed by atoms with Crippen molar-refractivity contribution in [2.75, 3.05) is 33.8 Å². The highest BCUT2D eigenvalue weighted by molar-refractivity contribution is 14.0. The summed E-state index contributed by atoms with van der Waals surface area (Å²) in [6, 6.07) is 0.502. The van der Waals surface area contributed by atoms with E-state index in [-0.39, 0.29) is 42.0 Å². The average Bonchev–Trinajstić information content (AvgIpc) is 3.26. The first-order valence-corrected chi connectivity index (χ1v) is 9.34. The fourth-order valence-electron chi connectivity index (χ4n) is 4.28. The van der Waals surface area contributed by atoms with Gasteiger partial charge in [-0.15, -0.1) is 24.0 Å². The molecule has 1 saturated heterocycles. The molecule has 2 bridgehead atoms. The summed E-state index contributed by atoms with van der Waals surface area (Å²) in [5, 5.41) is 7.02. The quantitative estimate of drug-likeness (QED) is 0.371. The monoisotopic (exact) mass is 464 g/mol. The van der Waals surface area contributed by atoms with Crippen molar-refractivity contribution in [3.8, 4) is 0 Å². The third-order valence-electron chi connectivity index (χ3n) is 5.86. The first kappa shape index (κ1) is 20.7. The predicted octanol–water partition coefficient (Wildman–Crippen LogP) is 1.99. The topological polar surface area (TPSA) is 66.0 Å². The number of nitrogens with zero attached hydrogens (tertiary/aromatic N) is 2. The minimum Gasteiger partial charge on any atom is -0.373 e. The molecule has 0 aromatic heterocycles. The number of nitrogens with one attached hydrogen (secondary N) is 2. The van der Waals surface area contributed by atoms with Crippen LogP contribution in [0.3, 0.4) is 0 Å². The Morgan fingerprint density at radius 1 is 1.32 bits per heavy atom. The Bertz CT molecular complexity index is 491. The van der Waals surface area contributed by atoms with Crippen molar-refractivity contribution in [2.24, 2.45) is 16.8 Å². The van der Waals surface area contributed by atoms with Crippen LogP contribution in [-0.4, -0.2) is 62.2 Å². The van der Waals surface area contributed by atoms with Gasteiger partial charge in [0.1, 0.15) is 6.54 Å². The molecule has 0 radical (unpaired) electrons. The Morgan fingerprint density at radius 2 is 2.12 bits per heavy atom. The van der Waals surface area contributed by atoms with E-state index in [0.29, 0.717) is 6.04 Å². The van der Waals surface area contributed by atoms with Crippen molar-refractivity contribution in [1.82, 2.24) is 15.5 Å². The lowest BCUT2D eigenvalue weighted by atomic mass is 9.95.